The van der Waals surface area contributed by atoms with Crippen molar-refractivity contribution in [3.63, 3.8) is 0 Å². The van der Waals surface area contributed by atoms with Gasteiger partial charge in [0.1, 0.15) is 17.4 Å². The second-order valence-corrected chi connectivity index (χ2v) is 9.07. The molecule has 1 N–H and O–H groups in total. The van der Waals surface area contributed by atoms with Crippen LogP contribution in [0.3, 0.4) is 0 Å². The van der Waals surface area contributed by atoms with Gasteiger partial charge in [-0.25, -0.2) is 15.0 Å². The Labute approximate surface area is 191 Å². The van der Waals surface area contributed by atoms with E-state index in [2.05, 4.69) is 33.2 Å². The van der Waals surface area contributed by atoms with Gasteiger partial charge in [-0.05, 0) is 50.6 Å². The second kappa shape index (κ2) is 8.85. The van der Waals surface area contributed by atoms with E-state index >= 15 is 0 Å². The van der Waals surface area contributed by atoms with Crippen LogP contribution in [0.15, 0.2) is 52.9 Å². The maximum atomic E-state index is 12.0. The van der Waals surface area contributed by atoms with E-state index in [1.165, 1.54) is 19.9 Å². The average Bonchev–Trinajstić information content (AvgIpc) is 3.10. The quantitative estimate of drug-likeness (QED) is 0.545. The van der Waals surface area contributed by atoms with Crippen molar-refractivity contribution in [2.75, 3.05) is 18.7 Å². The molecule has 3 aromatic rings. The molecule has 2 aromatic heterocycles. The summed E-state index contributed by atoms with van der Waals surface area (Å²) in [4.78, 5) is 28.4. The number of rotatable bonds is 7. The van der Waals surface area contributed by atoms with Crippen molar-refractivity contribution in [1.29, 1.82) is 0 Å². The largest absolute Gasteiger partial charge is 0.382 e. The molecule has 166 valence electrons. The van der Waals surface area contributed by atoms with Crippen LogP contribution in [0.1, 0.15) is 30.8 Å². The Bertz CT molecular complexity index is 1180. The molecule has 0 atom stereocenters. The molecule has 0 saturated heterocycles. The molecule has 3 heterocycles. The zero-order chi connectivity index (χ0) is 22.9. The number of ketones is 1. The molecule has 0 unspecified atom stereocenters. The zero-order valence-corrected chi connectivity index (χ0v) is 19.3. The maximum absolute atomic E-state index is 12.0. The molecule has 0 fully saturated rings. The SMILES string of the molecule is COCN1c2cc(Cn3cnc(/C=C/C(=O)C(C)(C)O)c3C)ccc2Sc2nccnc21. The molecular formula is C23H25N5O3S. The fraction of sp³-hybridized carbons (Fsp3) is 0.304. The first-order valence-corrected chi connectivity index (χ1v) is 10.9. The minimum atomic E-state index is -1.40. The smallest absolute Gasteiger partial charge is 0.186 e. The first-order chi connectivity index (χ1) is 15.3. The van der Waals surface area contributed by atoms with Gasteiger partial charge in [0.25, 0.3) is 0 Å². The number of aliphatic hydroxyl groups is 1. The van der Waals surface area contributed by atoms with Gasteiger partial charge in [0.2, 0.25) is 0 Å². The van der Waals surface area contributed by atoms with Crippen molar-refractivity contribution < 1.29 is 14.6 Å². The zero-order valence-electron chi connectivity index (χ0n) is 18.4. The van der Waals surface area contributed by atoms with E-state index in [4.69, 9.17) is 4.74 Å². The third-order valence-corrected chi connectivity index (χ3v) is 6.21. The Balaban J connectivity index is 1.59. The van der Waals surface area contributed by atoms with Crippen molar-refractivity contribution in [2.45, 2.75) is 42.8 Å². The van der Waals surface area contributed by atoms with Gasteiger partial charge in [0.15, 0.2) is 11.6 Å². The van der Waals surface area contributed by atoms with Crippen molar-refractivity contribution in [2.24, 2.45) is 0 Å². The number of anilines is 2. The third-order valence-electron chi connectivity index (χ3n) is 5.17. The molecule has 1 aliphatic heterocycles. The van der Waals surface area contributed by atoms with E-state index in [0.717, 1.165) is 32.7 Å². The van der Waals surface area contributed by atoms with Crippen LogP contribution >= 0.6 is 11.8 Å². The molecule has 0 saturated carbocycles. The van der Waals surface area contributed by atoms with Crippen LogP contribution in [0.5, 0.6) is 0 Å². The topological polar surface area (TPSA) is 93.4 Å². The first kappa shape index (κ1) is 22.2. The van der Waals surface area contributed by atoms with Gasteiger partial charge in [0.05, 0.1) is 17.7 Å². The van der Waals surface area contributed by atoms with Gasteiger partial charge in [-0.15, -0.1) is 0 Å². The van der Waals surface area contributed by atoms with Crippen molar-refractivity contribution >= 4 is 35.1 Å². The van der Waals surface area contributed by atoms with Crippen molar-refractivity contribution in [3.8, 4) is 0 Å². The Morgan fingerprint density at radius 1 is 1.25 bits per heavy atom. The predicted molar refractivity (Wildman–Crippen MR) is 123 cm³/mol. The highest BCUT2D eigenvalue weighted by atomic mass is 32.2. The number of carbonyl (C=O) groups is 1. The minimum absolute atomic E-state index is 0.361. The number of hydrogen-bond acceptors (Lipinski definition) is 8. The van der Waals surface area contributed by atoms with E-state index in [0.29, 0.717) is 19.0 Å². The molecule has 9 heteroatoms. The second-order valence-electron chi connectivity index (χ2n) is 8.03. The Morgan fingerprint density at radius 2 is 2.03 bits per heavy atom. The summed E-state index contributed by atoms with van der Waals surface area (Å²) in [6, 6.07) is 6.31. The standard InChI is InChI=1S/C23H25N5O3S/c1-15-17(6-8-20(29)23(2,3)30)26-13-27(15)12-16-5-7-19-18(11-16)28(14-31-4)21-22(32-19)25-10-9-24-21/h5-11,13,30H,12,14H2,1-4H3/b8-6+. The molecule has 32 heavy (non-hydrogen) atoms. The summed E-state index contributed by atoms with van der Waals surface area (Å²) in [6.07, 6.45) is 8.15. The maximum Gasteiger partial charge on any atom is 0.186 e. The Hall–Kier alpha value is -3.01. The molecule has 4 rings (SSSR count). The van der Waals surface area contributed by atoms with Gasteiger partial charge in [-0.3, -0.25) is 9.69 Å². The molecule has 0 radical (unpaired) electrons. The number of carbonyl (C=O) groups excluding carboxylic acids is 1. The molecule has 0 aliphatic carbocycles. The molecule has 0 spiro atoms. The minimum Gasteiger partial charge on any atom is -0.382 e. The summed E-state index contributed by atoms with van der Waals surface area (Å²) in [5, 5.41) is 10.7. The van der Waals surface area contributed by atoms with Crippen LogP contribution in [0.2, 0.25) is 0 Å². The van der Waals surface area contributed by atoms with Crippen LogP contribution in [-0.2, 0) is 16.1 Å². The fourth-order valence-electron chi connectivity index (χ4n) is 3.35. The number of aromatic nitrogens is 4. The average molecular weight is 452 g/mol. The highest BCUT2D eigenvalue weighted by Gasteiger charge is 2.26. The van der Waals surface area contributed by atoms with E-state index in [1.807, 2.05) is 16.4 Å². The summed E-state index contributed by atoms with van der Waals surface area (Å²) < 4.78 is 7.45. The van der Waals surface area contributed by atoms with E-state index in [9.17, 15) is 9.90 Å². The fourth-order valence-corrected chi connectivity index (χ4v) is 4.33. The van der Waals surface area contributed by atoms with E-state index in [-0.39, 0.29) is 5.78 Å². The highest BCUT2D eigenvalue weighted by molar-refractivity contribution is 7.99. The van der Waals surface area contributed by atoms with Crippen molar-refractivity contribution in [3.05, 3.63) is 59.9 Å². The molecule has 1 aliphatic rings. The number of nitrogens with zero attached hydrogens (tertiary/aromatic N) is 5. The summed E-state index contributed by atoms with van der Waals surface area (Å²) in [5.74, 6) is 0.423. The number of benzene rings is 1. The summed E-state index contributed by atoms with van der Waals surface area (Å²) in [6.45, 7) is 5.89. The normalized spacial score (nSPS) is 13.3. The molecule has 8 nitrogen and oxygen atoms in total. The highest BCUT2D eigenvalue weighted by Crippen LogP contribution is 2.46. The molecule has 1 aromatic carbocycles. The predicted octanol–water partition coefficient (Wildman–Crippen LogP) is 3.59. The lowest BCUT2D eigenvalue weighted by Gasteiger charge is -2.30. The third kappa shape index (κ3) is 4.45. The molecule has 0 bridgehead atoms. The number of fused-ring (bicyclic) bond motifs is 2. The molecule has 0 amide bonds. The first-order valence-electron chi connectivity index (χ1n) is 10.1. The van der Waals surface area contributed by atoms with Gasteiger partial charge < -0.3 is 14.4 Å². The van der Waals surface area contributed by atoms with Crippen molar-refractivity contribution in [1.82, 2.24) is 19.5 Å². The van der Waals surface area contributed by atoms with Crippen LogP contribution < -0.4 is 4.90 Å². The lowest BCUT2D eigenvalue weighted by Crippen LogP contribution is -2.29. The van der Waals surface area contributed by atoms with Crippen LogP contribution in [-0.4, -0.2) is 49.9 Å². The Kier molecular flexibility index (Phi) is 6.14. The van der Waals surface area contributed by atoms with Crippen LogP contribution in [0, 0.1) is 6.92 Å². The number of methoxy groups -OCH3 is 1. The Morgan fingerprint density at radius 3 is 2.78 bits per heavy atom. The number of imidazole rings is 1. The summed E-state index contributed by atoms with van der Waals surface area (Å²) in [7, 11) is 1.66. The van der Waals surface area contributed by atoms with Crippen LogP contribution in [0.4, 0.5) is 11.5 Å². The van der Waals surface area contributed by atoms with Crippen LogP contribution in [0.25, 0.3) is 6.08 Å². The van der Waals surface area contributed by atoms with E-state index in [1.54, 1.807) is 43.7 Å². The van der Waals surface area contributed by atoms with E-state index < -0.39 is 5.60 Å². The summed E-state index contributed by atoms with van der Waals surface area (Å²) >= 11 is 1.59. The lowest BCUT2D eigenvalue weighted by atomic mass is 10.0. The lowest BCUT2D eigenvalue weighted by molar-refractivity contribution is -0.128. The monoisotopic (exact) mass is 451 g/mol. The number of hydrogen-bond donors (Lipinski definition) is 1. The number of ether oxygens (including phenoxy) is 1. The van der Waals surface area contributed by atoms with Gasteiger partial charge in [-0.2, -0.15) is 0 Å². The summed E-state index contributed by atoms with van der Waals surface area (Å²) in [5.41, 5.74) is 2.35. The van der Waals surface area contributed by atoms with Gasteiger partial charge >= 0.3 is 0 Å². The van der Waals surface area contributed by atoms with Gasteiger partial charge in [-0.1, -0.05) is 17.8 Å². The molecular weight excluding hydrogens is 426 g/mol. The van der Waals surface area contributed by atoms with Gasteiger partial charge in [0, 0.05) is 36.6 Å².